The van der Waals surface area contributed by atoms with Crippen LogP contribution in [0.25, 0.3) is 0 Å². The molecule has 0 aliphatic carbocycles. The Morgan fingerprint density at radius 1 is 1.06 bits per heavy atom. The van der Waals surface area contributed by atoms with E-state index in [0.717, 1.165) is 0 Å². The lowest BCUT2D eigenvalue weighted by Crippen LogP contribution is -2.56. The van der Waals surface area contributed by atoms with E-state index in [0.29, 0.717) is 43.3 Å². The zero-order chi connectivity index (χ0) is 22.7. The number of rotatable bonds is 4. The zero-order valence-electron chi connectivity index (χ0n) is 17.8. The predicted molar refractivity (Wildman–Crippen MR) is 117 cm³/mol. The predicted octanol–water partition coefficient (Wildman–Crippen LogP) is 1.72. The quantitative estimate of drug-likeness (QED) is 0.783. The van der Waals surface area contributed by atoms with Crippen LogP contribution in [0.2, 0.25) is 0 Å². The minimum atomic E-state index is -0.767. The second kappa shape index (κ2) is 9.35. The van der Waals surface area contributed by atoms with Crippen molar-refractivity contribution in [3.05, 3.63) is 54.3 Å². The third kappa shape index (κ3) is 4.88. The van der Waals surface area contributed by atoms with Crippen molar-refractivity contribution in [1.82, 2.24) is 9.80 Å². The van der Waals surface area contributed by atoms with Crippen LogP contribution in [0.5, 0.6) is 5.75 Å². The average molecular weight is 440 g/mol. The number of nitrogens with zero attached hydrogens (tertiary/aromatic N) is 3. The minimum absolute atomic E-state index is 0.146. The van der Waals surface area contributed by atoms with Crippen molar-refractivity contribution in [2.45, 2.75) is 13.0 Å². The smallest absolute Gasteiger partial charge is 0.265 e. The highest BCUT2D eigenvalue weighted by Crippen LogP contribution is 2.33. The molecule has 0 radical (unpaired) electrons. The molecule has 32 heavy (non-hydrogen) atoms. The first kappa shape index (κ1) is 21.8. The second-order valence-corrected chi connectivity index (χ2v) is 7.86. The van der Waals surface area contributed by atoms with Crippen LogP contribution in [0.15, 0.2) is 48.5 Å². The van der Waals surface area contributed by atoms with Crippen molar-refractivity contribution in [2.75, 3.05) is 49.5 Å². The number of ether oxygens (including phenoxy) is 1. The highest BCUT2D eigenvalue weighted by Gasteiger charge is 2.36. The van der Waals surface area contributed by atoms with Gasteiger partial charge in [0.2, 0.25) is 11.8 Å². The fraction of sp³-hybridized carbons (Fsp3) is 0.348. The maximum Gasteiger partial charge on any atom is 0.265 e. The number of piperazine rings is 1. The van der Waals surface area contributed by atoms with Gasteiger partial charge >= 0.3 is 0 Å². The minimum Gasteiger partial charge on any atom is -0.476 e. The van der Waals surface area contributed by atoms with Gasteiger partial charge in [0.05, 0.1) is 18.8 Å². The molecule has 3 amide bonds. The Morgan fingerprint density at radius 2 is 1.81 bits per heavy atom. The van der Waals surface area contributed by atoms with E-state index in [1.165, 1.54) is 25.1 Å². The number of halogens is 1. The number of amides is 3. The lowest BCUT2D eigenvalue weighted by Gasteiger charge is -2.39. The molecule has 2 aliphatic rings. The maximum atomic E-state index is 13.3. The third-order valence-corrected chi connectivity index (χ3v) is 5.59. The van der Waals surface area contributed by atoms with Crippen LogP contribution in [0, 0.1) is 5.82 Å². The molecule has 0 saturated carbocycles. The summed E-state index contributed by atoms with van der Waals surface area (Å²) >= 11 is 0. The van der Waals surface area contributed by atoms with Crippen molar-refractivity contribution >= 4 is 29.1 Å². The van der Waals surface area contributed by atoms with Gasteiger partial charge in [-0.05, 0) is 30.3 Å². The largest absolute Gasteiger partial charge is 0.476 e. The Bertz CT molecular complexity index is 1020. The van der Waals surface area contributed by atoms with Gasteiger partial charge in [0.25, 0.3) is 5.91 Å². The van der Waals surface area contributed by atoms with Gasteiger partial charge in [-0.3, -0.25) is 19.3 Å². The summed E-state index contributed by atoms with van der Waals surface area (Å²) in [5.41, 5.74) is 1.08. The van der Waals surface area contributed by atoms with Gasteiger partial charge < -0.3 is 19.9 Å². The molecule has 8 nitrogen and oxygen atoms in total. The van der Waals surface area contributed by atoms with Gasteiger partial charge in [-0.25, -0.2) is 4.39 Å². The summed E-state index contributed by atoms with van der Waals surface area (Å²) < 4.78 is 19.2. The van der Waals surface area contributed by atoms with Crippen LogP contribution >= 0.6 is 0 Å². The van der Waals surface area contributed by atoms with Gasteiger partial charge in [0, 0.05) is 38.8 Å². The summed E-state index contributed by atoms with van der Waals surface area (Å²) in [4.78, 5) is 42.6. The SMILES string of the molecule is CC(=O)N1C[C@@H](C(=O)N2CCN(CC(=O)Nc3cccc(F)c3)CC2)Oc2ccccc21. The van der Waals surface area contributed by atoms with Crippen LogP contribution in [0.3, 0.4) is 0 Å². The molecule has 2 aromatic rings. The van der Waals surface area contributed by atoms with E-state index >= 15 is 0 Å². The molecule has 1 fully saturated rings. The molecule has 2 heterocycles. The fourth-order valence-electron chi connectivity index (χ4n) is 3.96. The van der Waals surface area contributed by atoms with Gasteiger partial charge in [-0.1, -0.05) is 18.2 Å². The molecule has 2 aliphatic heterocycles. The monoisotopic (exact) mass is 440 g/mol. The lowest BCUT2D eigenvalue weighted by atomic mass is 10.1. The van der Waals surface area contributed by atoms with Crippen LogP contribution in [-0.2, 0) is 14.4 Å². The van der Waals surface area contributed by atoms with E-state index in [9.17, 15) is 18.8 Å². The summed E-state index contributed by atoms with van der Waals surface area (Å²) in [5, 5.41) is 2.68. The molecule has 2 aromatic carbocycles. The maximum absolute atomic E-state index is 13.3. The Labute approximate surface area is 185 Å². The Balaban J connectivity index is 1.31. The first-order valence-corrected chi connectivity index (χ1v) is 10.5. The van der Waals surface area contributed by atoms with Crippen molar-refractivity contribution < 1.29 is 23.5 Å². The summed E-state index contributed by atoms with van der Waals surface area (Å²) in [6.07, 6.45) is -0.767. The van der Waals surface area contributed by atoms with Crippen LogP contribution in [0.4, 0.5) is 15.8 Å². The number of carbonyl (C=O) groups is 3. The third-order valence-electron chi connectivity index (χ3n) is 5.59. The average Bonchev–Trinajstić information content (AvgIpc) is 2.78. The molecule has 0 unspecified atom stereocenters. The first-order chi connectivity index (χ1) is 15.4. The van der Waals surface area contributed by atoms with Crippen LogP contribution in [-0.4, -0.2) is 72.9 Å². The standard InChI is InChI=1S/C23H25FN4O4/c1-16(29)28-14-21(32-20-8-3-2-7-19(20)28)23(31)27-11-9-26(10-12-27)15-22(30)25-18-6-4-5-17(24)13-18/h2-8,13,21H,9-12,14-15H2,1H3,(H,25,30)/t21-/m0/s1. The Hall–Kier alpha value is -3.46. The summed E-state index contributed by atoms with van der Waals surface area (Å²) in [6.45, 7) is 3.76. The Morgan fingerprint density at radius 3 is 2.53 bits per heavy atom. The molecule has 0 aromatic heterocycles. The van der Waals surface area contributed by atoms with Crippen molar-refractivity contribution in [3.8, 4) is 5.75 Å². The number of hydrogen-bond donors (Lipinski definition) is 1. The van der Waals surface area contributed by atoms with Crippen LogP contribution < -0.4 is 15.0 Å². The fourth-order valence-corrected chi connectivity index (χ4v) is 3.96. The van der Waals surface area contributed by atoms with Gasteiger partial charge in [-0.15, -0.1) is 0 Å². The molecule has 1 N–H and O–H groups in total. The molecule has 168 valence electrons. The van der Waals surface area contributed by atoms with E-state index in [4.69, 9.17) is 4.74 Å². The van der Waals surface area contributed by atoms with Crippen molar-refractivity contribution in [1.29, 1.82) is 0 Å². The number of hydrogen-bond acceptors (Lipinski definition) is 5. The van der Waals surface area contributed by atoms with E-state index in [2.05, 4.69) is 5.32 Å². The lowest BCUT2D eigenvalue weighted by molar-refractivity contribution is -0.140. The zero-order valence-corrected chi connectivity index (χ0v) is 17.8. The van der Waals surface area contributed by atoms with Gasteiger partial charge in [0.1, 0.15) is 11.6 Å². The summed E-state index contributed by atoms with van der Waals surface area (Å²) in [5.74, 6) is -0.451. The molecule has 9 heteroatoms. The van der Waals surface area contributed by atoms with E-state index in [1.807, 2.05) is 11.0 Å². The summed E-state index contributed by atoms with van der Waals surface area (Å²) in [7, 11) is 0. The summed E-state index contributed by atoms with van der Waals surface area (Å²) in [6, 6.07) is 12.9. The number of nitrogens with one attached hydrogen (secondary N) is 1. The number of fused-ring (bicyclic) bond motifs is 1. The molecule has 0 bridgehead atoms. The molecular formula is C23H25FN4O4. The van der Waals surface area contributed by atoms with Gasteiger partial charge in [-0.2, -0.15) is 0 Å². The number of carbonyl (C=O) groups excluding carboxylic acids is 3. The number of para-hydroxylation sites is 2. The van der Waals surface area contributed by atoms with E-state index in [1.54, 1.807) is 34.1 Å². The second-order valence-electron chi connectivity index (χ2n) is 7.86. The van der Waals surface area contributed by atoms with E-state index < -0.39 is 11.9 Å². The Kier molecular flexibility index (Phi) is 6.36. The normalized spacial score (nSPS) is 18.5. The number of anilines is 2. The topological polar surface area (TPSA) is 82.2 Å². The molecule has 1 atom stereocenters. The molecule has 4 rings (SSSR count). The molecule has 0 spiro atoms. The van der Waals surface area contributed by atoms with Crippen molar-refractivity contribution in [3.63, 3.8) is 0 Å². The van der Waals surface area contributed by atoms with Gasteiger partial charge in [0.15, 0.2) is 6.10 Å². The first-order valence-electron chi connectivity index (χ1n) is 10.5. The molecular weight excluding hydrogens is 415 g/mol. The molecule has 1 saturated heterocycles. The van der Waals surface area contributed by atoms with Crippen molar-refractivity contribution in [2.24, 2.45) is 0 Å². The number of benzene rings is 2. The van der Waals surface area contributed by atoms with Crippen LogP contribution in [0.1, 0.15) is 6.92 Å². The van der Waals surface area contributed by atoms with E-state index in [-0.39, 0.29) is 30.8 Å². The highest BCUT2D eigenvalue weighted by atomic mass is 19.1. The highest BCUT2D eigenvalue weighted by molar-refractivity contribution is 5.96.